The first-order chi connectivity index (χ1) is 12.5. The number of carboxylic acid groups (broad SMARTS) is 1. The van der Waals surface area contributed by atoms with Crippen LogP contribution in [0.3, 0.4) is 0 Å². The lowest BCUT2D eigenvalue weighted by Gasteiger charge is -2.21. The Hall–Kier alpha value is -2.59. The number of fused-ring (bicyclic) bond motifs is 1. The number of carboxylic acids is 1. The van der Waals surface area contributed by atoms with Gasteiger partial charge in [0.25, 0.3) is 0 Å². The van der Waals surface area contributed by atoms with E-state index >= 15 is 0 Å². The van der Waals surface area contributed by atoms with Crippen molar-refractivity contribution in [3.8, 4) is 0 Å². The predicted octanol–water partition coefficient (Wildman–Crippen LogP) is 4.02. The van der Waals surface area contributed by atoms with Gasteiger partial charge in [-0.1, -0.05) is 42.5 Å². The molecule has 2 aliphatic rings. The Morgan fingerprint density at radius 1 is 1.35 bits per heavy atom. The number of allylic oxidation sites excluding steroid dienone is 5. The summed E-state index contributed by atoms with van der Waals surface area (Å²) in [6, 6.07) is 8.36. The lowest BCUT2D eigenvalue weighted by molar-refractivity contribution is -0.131. The Bertz CT molecular complexity index is 799. The highest BCUT2D eigenvalue weighted by Gasteiger charge is 2.24. The monoisotopic (exact) mass is 351 g/mol. The molecule has 1 heterocycles. The fourth-order valence-electron chi connectivity index (χ4n) is 3.36. The quantitative estimate of drug-likeness (QED) is 0.814. The molecule has 0 radical (unpaired) electrons. The van der Waals surface area contributed by atoms with Gasteiger partial charge >= 0.3 is 5.97 Å². The molecule has 0 saturated carbocycles. The summed E-state index contributed by atoms with van der Waals surface area (Å²) < 4.78 is 6.07. The van der Waals surface area contributed by atoms with E-state index in [9.17, 15) is 4.79 Å². The summed E-state index contributed by atoms with van der Waals surface area (Å²) in [6.45, 7) is 1.54. The SMILES string of the molecule is CN(C)CCC=C1C2=C(C=CC(C=CC(=O)O)C2)OCc2ccccc21. The molecule has 0 amide bonds. The highest BCUT2D eigenvalue weighted by atomic mass is 16.5. The highest BCUT2D eigenvalue weighted by molar-refractivity contribution is 5.83. The van der Waals surface area contributed by atoms with E-state index in [1.165, 1.54) is 22.8 Å². The van der Waals surface area contributed by atoms with Crippen molar-refractivity contribution in [1.29, 1.82) is 0 Å². The van der Waals surface area contributed by atoms with Crippen LogP contribution in [0.1, 0.15) is 24.0 Å². The summed E-state index contributed by atoms with van der Waals surface area (Å²) in [6.07, 6.45) is 11.0. The average Bonchev–Trinajstić information content (AvgIpc) is 2.77. The molecule has 1 N–H and O–H groups in total. The van der Waals surface area contributed by atoms with E-state index in [-0.39, 0.29) is 5.92 Å². The molecule has 3 rings (SSSR count). The van der Waals surface area contributed by atoms with Crippen LogP contribution in [0.5, 0.6) is 0 Å². The van der Waals surface area contributed by atoms with Crippen molar-refractivity contribution in [2.45, 2.75) is 19.4 Å². The average molecular weight is 351 g/mol. The Labute approximate surface area is 154 Å². The third-order valence-corrected chi connectivity index (χ3v) is 4.66. The van der Waals surface area contributed by atoms with Crippen molar-refractivity contribution in [3.63, 3.8) is 0 Å². The van der Waals surface area contributed by atoms with Crippen LogP contribution in [0.2, 0.25) is 0 Å². The van der Waals surface area contributed by atoms with Crippen molar-refractivity contribution in [3.05, 3.63) is 77.1 Å². The summed E-state index contributed by atoms with van der Waals surface area (Å²) in [5.41, 5.74) is 4.78. The predicted molar refractivity (Wildman–Crippen MR) is 103 cm³/mol. The third-order valence-electron chi connectivity index (χ3n) is 4.66. The molecular weight excluding hydrogens is 326 g/mol. The molecule has 26 heavy (non-hydrogen) atoms. The van der Waals surface area contributed by atoms with Crippen LogP contribution in [-0.4, -0.2) is 36.6 Å². The van der Waals surface area contributed by atoms with Crippen LogP contribution in [0.15, 0.2) is 66.0 Å². The first kappa shape index (κ1) is 18.2. The molecule has 0 bridgehead atoms. The second-order valence-corrected chi connectivity index (χ2v) is 6.92. The molecular formula is C22H25NO3. The minimum absolute atomic E-state index is 0.0657. The van der Waals surface area contributed by atoms with Crippen LogP contribution in [-0.2, 0) is 16.1 Å². The zero-order valence-corrected chi connectivity index (χ0v) is 15.3. The minimum atomic E-state index is -0.914. The van der Waals surface area contributed by atoms with Crippen molar-refractivity contribution >= 4 is 11.5 Å². The van der Waals surface area contributed by atoms with Gasteiger partial charge in [0.05, 0.1) is 0 Å². The number of nitrogens with zero attached hydrogens (tertiary/aromatic N) is 1. The minimum Gasteiger partial charge on any atom is -0.489 e. The second kappa shape index (κ2) is 8.19. The maximum Gasteiger partial charge on any atom is 0.327 e. The number of benzene rings is 1. The lowest BCUT2D eigenvalue weighted by atomic mass is 9.84. The Morgan fingerprint density at radius 3 is 2.92 bits per heavy atom. The zero-order valence-electron chi connectivity index (χ0n) is 15.3. The number of carbonyl (C=O) groups is 1. The first-order valence-corrected chi connectivity index (χ1v) is 8.93. The normalized spacial score (nSPS) is 20.9. The van der Waals surface area contributed by atoms with Crippen LogP contribution in [0.4, 0.5) is 0 Å². The van der Waals surface area contributed by atoms with E-state index in [4.69, 9.17) is 9.84 Å². The summed E-state index contributed by atoms with van der Waals surface area (Å²) in [4.78, 5) is 13.0. The molecule has 1 atom stereocenters. The molecule has 1 aliphatic carbocycles. The van der Waals surface area contributed by atoms with Gasteiger partial charge in [-0.3, -0.25) is 0 Å². The Balaban J connectivity index is 1.96. The van der Waals surface area contributed by atoms with E-state index in [0.29, 0.717) is 6.61 Å². The molecule has 1 unspecified atom stereocenters. The molecule has 4 heteroatoms. The second-order valence-electron chi connectivity index (χ2n) is 6.92. The molecule has 0 saturated heterocycles. The number of ether oxygens (including phenoxy) is 1. The summed E-state index contributed by atoms with van der Waals surface area (Å²) in [5.74, 6) is 0.0515. The molecule has 0 spiro atoms. The van der Waals surface area contributed by atoms with Crippen LogP contribution in [0, 0.1) is 5.92 Å². The number of rotatable bonds is 5. The summed E-state index contributed by atoms with van der Waals surface area (Å²) in [7, 11) is 4.15. The molecule has 0 fully saturated rings. The number of hydrogen-bond donors (Lipinski definition) is 1. The topological polar surface area (TPSA) is 49.8 Å². The fourth-order valence-corrected chi connectivity index (χ4v) is 3.36. The standard InChI is InChI=1S/C22H25NO3/c1-23(2)13-5-8-19-18-7-4-3-6-17(18)15-26-21-11-9-16(14-20(19)21)10-12-22(24)25/h3-4,6-12,16H,5,13-15H2,1-2H3,(H,24,25). The molecule has 4 nitrogen and oxygen atoms in total. The van der Waals surface area contributed by atoms with E-state index in [2.05, 4.69) is 43.3 Å². The van der Waals surface area contributed by atoms with Gasteiger partial charge in [-0.05, 0) is 55.6 Å². The van der Waals surface area contributed by atoms with Gasteiger partial charge in [-0.15, -0.1) is 0 Å². The summed E-state index contributed by atoms with van der Waals surface area (Å²) in [5, 5.41) is 8.91. The maximum absolute atomic E-state index is 10.8. The van der Waals surface area contributed by atoms with Gasteiger partial charge in [0.15, 0.2) is 0 Å². The van der Waals surface area contributed by atoms with Gasteiger partial charge in [-0.2, -0.15) is 0 Å². The first-order valence-electron chi connectivity index (χ1n) is 8.93. The summed E-state index contributed by atoms with van der Waals surface area (Å²) >= 11 is 0. The van der Waals surface area contributed by atoms with Gasteiger partial charge in [0.1, 0.15) is 12.4 Å². The van der Waals surface area contributed by atoms with Crippen LogP contribution >= 0.6 is 0 Å². The molecule has 1 aromatic carbocycles. The van der Waals surface area contributed by atoms with Gasteiger partial charge in [0, 0.05) is 18.2 Å². The highest BCUT2D eigenvalue weighted by Crippen LogP contribution is 2.39. The Morgan fingerprint density at radius 2 is 2.15 bits per heavy atom. The van der Waals surface area contributed by atoms with Crippen molar-refractivity contribution in [2.75, 3.05) is 20.6 Å². The van der Waals surface area contributed by atoms with Crippen LogP contribution in [0.25, 0.3) is 5.57 Å². The Kier molecular flexibility index (Phi) is 5.74. The van der Waals surface area contributed by atoms with E-state index in [0.717, 1.165) is 30.7 Å². The van der Waals surface area contributed by atoms with Crippen LogP contribution < -0.4 is 0 Å². The third kappa shape index (κ3) is 4.33. The number of hydrogen-bond acceptors (Lipinski definition) is 3. The number of aliphatic carboxylic acids is 1. The fraction of sp³-hybridized carbons (Fsp3) is 0.318. The molecule has 136 valence electrons. The molecule has 1 aliphatic heterocycles. The van der Waals surface area contributed by atoms with Crippen molar-refractivity contribution in [2.24, 2.45) is 5.92 Å². The molecule has 0 aromatic heterocycles. The molecule has 1 aromatic rings. The zero-order chi connectivity index (χ0) is 18.5. The van der Waals surface area contributed by atoms with Crippen molar-refractivity contribution in [1.82, 2.24) is 4.90 Å². The lowest BCUT2D eigenvalue weighted by Crippen LogP contribution is -2.12. The largest absolute Gasteiger partial charge is 0.489 e. The van der Waals surface area contributed by atoms with E-state index < -0.39 is 5.97 Å². The maximum atomic E-state index is 10.8. The van der Waals surface area contributed by atoms with E-state index in [1.807, 2.05) is 18.2 Å². The van der Waals surface area contributed by atoms with Gasteiger partial charge < -0.3 is 14.7 Å². The van der Waals surface area contributed by atoms with Gasteiger partial charge in [0.2, 0.25) is 0 Å². The van der Waals surface area contributed by atoms with Gasteiger partial charge in [-0.25, -0.2) is 4.79 Å². The van der Waals surface area contributed by atoms with E-state index in [1.54, 1.807) is 6.08 Å². The smallest absolute Gasteiger partial charge is 0.327 e. The van der Waals surface area contributed by atoms with Crippen molar-refractivity contribution < 1.29 is 14.6 Å².